The SMILES string of the molecule is O=C(O)NN[C@H]1CC[C@H](N2CCOCC2)CC1. The van der Waals surface area contributed by atoms with E-state index in [1.54, 1.807) is 0 Å². The van der Waals surface area contributed by atoms with E-state index >= 15 is 0 Å². The second kappa shape index (κ2) is 6.18. The number of nitrogens with one attached hydrogen (secondary N) is 2. The van der Waals surface area contributed by atoms with E-state index in [4.69, 9.17) is 9.84 Å². The molecule has 0 unspecified atom stereocenters. The van der Waals surface area contributed by atoms with Crippen LogP contribution in [0.3, 0.4) is 0 Å². The molecule has 1 aliphatic heterocycles. The van der Waals surface area contributed by atoms with E-state index in [0.29, 0.717) is 6.04 Å². The molecule has 0 bridgehead atoms. The van der Waals surface area contributed by atoms with Gasteiger partial charge in [0.25, 0.3) is 0 Å². The van der Waals surface area contributed by atoms with Gasteiger partial charge in [0.1, 0.15) is 0 Å². The highest BCUT2D eigenvalue weighted by Crippen LogP contribution is 2.23. The number of hydrazine groups is 1. The number of carboxylic acid groups (broad SMARTS) is 1. The average molecular weight is 243 g/mol. The van der Waals surface area contributed by atoms with Gasteiger partial charge in [-0.25, -0.2) is 10.2 Å². The largest absolute Gasteiger partial charge is 0.464 e. The highest BCUT2D eigenvalue weighted by molar-refractivity contribution is 5.63. The normalized spacial score (nSPS) is 31.1. The van der Waals surface area contributed by atoms with Gasteiger partial charge in [0.2, 0.25) is 0 Å². The Morgan fingerprint density at radius 1 is 1.18 bits per heavy atom. The van der Waals surface area contributed by atoms with Gasteiger partial charge < -0.3 is 9.84 Å². The van der Waals surface area contributed by atoms with Crippen molar-refractivity contribution >= 4 is 6.09 Å². The quantitative estimate of drug-likeness (QED) is 0.626. The van der Waals surface area contributed by atoms with E-state index in [-0.39, 0.29) is 6.04 Å². The molecule has 0 atom stereocenters. The third-order valence-corrected chi connectivity index (χ3v) is 3.64. The molecule has 0 radical (unpaired) electrons. The van der Waals surface area contributed by atoms with Crippen LogP contribution in [0.25, 0.3) is 0 Å². The number of amides is 1. The summed E-state index contributed by atoms with van der Waals surface area (Å²) >= 11 is 0. The first-order chi connectivity index (χ1) is 8.25. The number of nitrogens with zero attached hydrogens (tertiary/aromatic N) is 1. The molecule has 6 nitrogen and oxygen atoms in total. The number of rotatable bonds is 3. The molecule has 0 aromatic heterocycles. The Balaban J connectivity index is 1.68. The van der Waals surface area contributed by atoms with Crippen molar-refractivity contribution in [1.82, 2.24) is 15.8 Å². The smallest absolute Gasteiger partial charge is 0.419 e. The zero-order chi connectivity index (χ0) is 12.1. The van der Waals surface area contributed by atoms with Gasteiger partial charge in [0.15, 0.2) is 0 Å². The van der Waals surface area contributed by atoms with Gasteiger partial charge >= 0.3 is 6.09 Å². The van der Waals surface area contributed by atoms with E-state index in [1.165, 1.54) is 0 Å². The van der Waals surface area contributed by atoms with Gasteiger partial charge in [-0.3, -0.25) is 10.3 Å². The molecule has 1 heterocycles. The Hall–Kier alpha value is -0.850. The van der Waals surface area contributed by atoms with E-state index in [0.717, 1.165) is 52.0 Å². The lowest BCUT2D eigenvalue weighted by Crippen LogP contribution is -2.50. The van der Waals surface area contributed by atoms with Crippen LogP contribution < -0.4 is 10.9 Å². The highest BCUT2D eigenvalue weighted by Gasteiger charge is 2.26. The van der Waals surface area contributed by atoms with E-state index in [1.807, 2.05) is 0 Å². The second-order valence-electron chi connectivity index (χ2n) is 4.73. The van der Waals surface area contributed by atoms with Crippen LogP contribution in [0.2, 0.25) is 0 Å². The molecule has 0 aromatic rings. The van der Waals surface area contributed by atoms with Crippen LogP contribution in [0.1, 0.15) is 25.7 Å². The Morgan fingerprint density at radius 3 is 2.41 bits per heavy atom. The minimum Gasteiger partial charge on any atom is -0.464 e. The number of hydrogen-bond acceptors (Lipinski definition) is 4. The van der Waals surface area contributed by atoms with Crippen LogP contribution in [-0.4, -0.2) is 54.5 Å². The first-order valence-electron chi connectivity index (χ1n) is 6.32. The molecular formula is C11H21N3O3. The molecule has 2 aliphatic rings. The van der Waals surface area contributed by atoms with Gasteiger partial charge in [0, 0.05) is 25.2 Å². The van der Waals surface area contributed by atoms with Crippen LogP contribution in [-0.2, 0) is 4.74 Å². The molecule has 2 rings (SSSR count). The molecule has 17 heavy (non-hydrogen) atoms. The molecule has 1 saturated heterocycles. The van der Waals surface area contributed by atoms with Crippen molar-refractivity contribution in [2.45, 2.75) is 37.8 Å². The summed E-state index contributed by atoms with van der Waals surface area (Å²) < 4.78 is 5.35. The Labute approximate surface area is 101 Å². The summed E-state index contributed by atoms with van der Waals surface area (Å²) in [4.78, 5) is 12.9. The van der Waals surface area contributed by atoms with Gasteiger partial charge in [-0.1, -0.05) is 0 Å². The summed E-state index contributed by atoms with van der Waals surface area (Å²) in [7, 11) is 0. The number of hydrogen-bond donors (Lipinski definition) is 3. The van der Waals surface area contributed by atoms with Gasteiger partial charge in [-0.05, 0) is 25.7 Å². The molecule has 3 N–H and O–H groups in total. The molecule has 6 heteroatoms. The fraction of sp³-hybridized carbons (Fsp3) is 0.909. The maximum absolute atomic E-state index is 10.4. The summed E-state index contributed by atoms with van der Waals surface area (Å²) in [6, 6.07) is 0.935. The first-order valence-corrected chi connectivity index (χ1v) is 6.32. The molecule has 1 aliphatic carbocycles. The van der Waals surface area contributed by atoms with Gasteiger partial charge in [-0.2, -0.15) is 0 Å². The van der Waals surface area contributed by atoms with Crippen LogP contribution >= 0.6 is 0 Å². The number of morpholine rings is 1. The second-order valence-corrected chi connectivity index (χ2v) is 4.73. The molecular weight excluding hydrogens is 222 g/mol. The fourth-order valence-corrected chi connectivity index (χ4v) is 2.69. The van der Waals surface area contributed by atoms with Crippen molar-refractivity contribution in [3.8, 4) is 0 Å². The molecule has 1 amide bonds. The molecule has 98 valence electrons. The van der Waals surface area contributed by atoms with Gasteiger partial charge in [0.05, 0.1) is 13.2 Å². The van der Waals surface area contributed by atoms with Crippen molar-refractivity contribution < 1.29 is 14.6 Å². The lowest BCUT2D eigenvalue weighted by atomic mass is 9.90. The predicted octanol–water partition coefficient (Wildman–Crippen LogP) is 0.402. The maximum Gasteiger partial charge on any atom is 0.419 e. The van der Waals surface area contributed by atoms with Crippen LogP contribution in [0.4, 0.5) is 4.79 Å². The van der Waals surface area contributed by atoms with E-state index in [2.05, 4.69) is 15.8 Å². The summed E-state index contributed by atoms with van der Waals surface area (Å²) in [5.74, 6) is 0. The van der Waals surface area contributed by atoms with E-state index in [9.17, 15) is 4.79 Å². The van der Waals surface area contributed by atoms with Crippen LogP contribution in [0.15, 0.2) is 0 Å². The minimum atomic E-state index is -1.01. The molecule has 0 aromatic carbocycles. The predicted molar refractivity (Wildman–Crippen MR) is 62.7 cm³/mol. The Bertz CT molecular complexity index is 248. The first kappa shape index (κ1) is 12.6. The molecule has 1 saturated carbocycles. The average Bonchev–Trinajstić information content (AvgIpc) is 2.38. The summed E-state index contributed by atoms with van der Waals surface area (Å²) in [6.45, 7) is 3.77. The maximum atomic E-state index is 10.4. The molecule has 2 fully saturated rings. The zero-order valence-corrected chi connectivity index (χ0v) is 10.0. The van der Waals surface area contributed by atoms with Crippen LogP contribution in [0.5, 0.6) is 0 Å². The Kier molecular flexibility index (Phi) is 4.58. The fourth-order valence-electron chi connectivity index (χ4n) is 2.69. The zero-order valence-electron chi connectivity index (χ0n) is 10.0. The van der Waals surface area contributed by atoms with Crippen molar-refractivity contribution in [2.24, 2.45) is 0 Å². The lowest BCUT2D eigenvalue weighted by molar-refractivity contribution is 0.00622. The topological polar surface area (TPSA) is 73.8 Å². The number of ether oxygens (including phenoxy) is 1. The monoisotopic (exact) mass is 243 g/mol. The standard InChI is InChI=1S/C11H21N3O3/c15-11(16)13-12-9-1-3-10(4-2-9)14-5-7-17-8-6-14/h9-10,12-13H,1-8H2,(H,15,16)/t9-,10-. The summed E-state index contributed by atoms with van der Waals surface area (Å²) in [6.07, 6.45) is 3.32. The lowest BCUT2D eigenvalue weighted by Gasteiger charge is -2.38. The highest BCUT2D eigenvalue weighted by atomic mass is 16.5. The summed E-state index contributed by atoms with van der Waals surface area (Å²) in [5.41, 5.74) is 5.09. The van der Waals surface area contributed by atoms with Gasteiger partial charge in [-0.15, -0.1) is 0 Å². The molecule has 0 spiro atoms. The summed E-state index contributed by atoms with van der Waals surface area (Å²) in [5, 5.41) is 8.50. The van der Waals surface area contributed by atoms with Crippen molar-refractivity contribution in [3.05, 3.63) is 0 Å². The van der Waals surface area contributed by atoms with E-state index < -0.39 is 6.09 Å². The minimum absolute atomic E-state index is 0.281. The number of carbonyl (C=O) groups is 1. The third-order valence-electron chi connectivity index (χ3n) is 3.64. The van der Waals surface area contributed by atoms with Crippen LogP contribution in [0, 0.1) is 0 Å². The van der Waals surface area contributed by atoms with Crippen molar-refractivity contribution in [2.75, 3.05) is 26.3 Å². The Morgan fingerprint density at radius 2 is 1.82 bits per heavy atom. The van der Waals surface area contributed by atoms with Crippen molar-refractivity contribution in [3.63, 3.8) is 0 Å². The van der Waals surface area contributed by atoms with Crippen molar-refractivity contribution in [1.29, 1.82) is 0 Å². The third kappa shape index (κ3) is 3.83.